The highest BCUT2D eigenvalue weighted by Gasteiger charge is 2.34. The number of aromatic nitrogens is 3. The van der Waals surface area contributed by atoms with Crippen molar-refractivity contribution in [1.82, 2.24) is 25.3 Å². The molecule has 0 bridgehead atoms. The Morgan fingerprint density at radius 2 is 1.63 bits per heavy atom. The van der Waals surface area contributed by atoms with Gasteiger partial charge in [-0.05, 0) is 96.2 Å². The minimum Gasteiger partial charge on any atom is -0.508 e. The lowest BCUT2D eigenvalue weighted by atomic mass is 9.82. The minimum atomic E-state index is -0.779. The van der Waals surface area contributed by atoms with Crippen LogP contribution in [0.1, 0.15) is 64.8 Å². The lowest BCUT2D eigenvalue weighted by molar-refractivity contribution is -0.131. The third-order valence-corrected chi connectivity index (χ3v) is 11.3. The standard InChI is InChI=1S/C45H50N8O4/c1-27-20-35(54)21-28(2)37(27)23-33(25-40(55)42(46)32-16-18-53(19-17-32)45(47)48)43(56)50-39(24-34-26-49-38-11-7-6-10-36(34)38)44-51-41(52-57-44)22-29-12-14-31(15-13-29)30-8-4-3-5-9-30/h3-15,20-21,26,32-33,39,42,49,54H,16-19,22-25,46H2,1-2H3,(H3,47,48)(H,50,56)/t33-,39+,42-/m1/s1. The summed E-state index contributed by atoms with van der Waals surface area (Å²) in [5.41, 5.74) is 20.0. The highest BCUT2D eigenvalue weighted by molar-refractivity contribution is 5.90. The fraction of sp³-hybridized carbons (Fsp3) is 0.311. The smallest absolute Gasteiger partial charge is 0.249 e. The molecule has 1 saturated heterocycles. The van der Waals surface area contributed by atoms with E-state index in [4.69, 9.17) is 26.4 Å². The quantitative estimate of drug-likeness (QED) is 0.0545. The Morgan fingerprint density at radius 3 is 2.33 bits per heavy atom. The van der Waals surface area contributed by atoms with Crippen molar-refractivity contribution in [3.63, 3.8) is 0 Å². The van der Waals surface area contributed by atoms with Crippen LogP contribution in [0.25, 0.3) is 22.0 Å². The van der Waals surface area contributed by atoms with Gasteiger partial charge in [0.25, 0.3) is 0 Å². The molecule has 0 saturated carbocycles. The summed E-state index contributed by atoms with van der Waals surface area (Å²) in [6, 6.07) is 28.3. The zero-order valence-corrected chi connectivity index (χ0v) is 32.4. The van der Waals surface area contributed by atoms with Crippen LogP contribution in [0.4, 0.5) is 0 Å². The first-order valence-electron chi connectivity index (χ1n) is 19.5. The second kappa shape index (κ2) is 17.3. The molecule has 12 nitrogen and oxygen atoms in total. The van der Waals surface area contributed by atoms with Crippen molar-refractivity contribution < 1.29 is 19.2 Å². The molecule has 8 N–H and O–H groups in total. The second-order valence-corrected chi connectivity index (χ2v) is 15.3. The third-order valence-electron chi connectivity index (χ3n) is 11.3. The zero-order valence-electron chi connectivity index (χ0n) is 32.4. The predicted octanol–water partition coefficient (Wildman–Crippen LogP) is 6.28. The van der Waals surface area contributed by atoms with Gasteiger partial charge in [-0.15, -0.1) is 0 Å². The van der Waals surface area contributed by atoms with Crippen LogP contribution in [-0.4, -0.2) is 61.9 Å². The number of aromatic hydroxyl groups is 1. The van der Waals surface area contributed by atoms with E-state index in [2.05, 4.69) is 51.9 Å². The van der Waals surface area contributed by atoms with E-state index in [1.54, 1.807) is 17.0 Å². The number of hydrogen-bond donors (Lipinski definition) is 6. The van der Waals surface area contributed by atoms with Gasteiger partial charge in [0.05, 0.1) is 6.04 Å². The van der Waals surface area contributed by atoms with E-state index in [9.17, 15) is 14.7 Å². The summed E-state index contributed by atoms with van der Waals surface area (Å²) in [5, 5.41) is 26.6. The largest absolute Gasteiger partial charge is 0.508 e. The van der Waals surface area contributed by atoms with Gasteiger partial charge in [-0.25, -0.2) is 0 Å². The fourth-order valence-electron chi connectivity index (χ4n) is 8.06. The average Bonchev–Trinajstić information content (AvgIpc) is 3.86. The van der Waals surface area contributed by atoms with Crippen LogP contribution in [0.5, 0.6) is 5.75 Å². The molecule has 1 amide bonds. The first-order chi connectivity index (χ1) is 27.5. The van der Waals surface area contributed by atoms with Crippen molar-refractivity contribution in [3.05, 3.63) is 137 Å². The normalized spacial score (nSPS) is 15.0. The number of amides is 1. The minimum absolute atomic E-state index is 0.0118. The molecule has 0 spiro atoms. The molecule has 1 aliphatic rings. The van der Waals surface area contributed by atoms with E-state index in [-0.39, 0.29) is 48.0 Å². The van der Waals surface area contributed by atoms with Crippen LogP contribution in [0.2, 0.25) is 0 Å². The van der Waals surface area contributed by atoms with E-state index >= 15 is 0 Å². The summed E-state index contributed by atoms with van der Waals surface area (Å²) < 4.78 is 5.90. The maximum absolute atomic E-state index is 14.6. The number of H-pyrrole nitrogens is 1. The molecular weight excluding hydrogens is 717 g/mol. The number of phenolic OH excluding ortho intramolecular Hbond substituents is 1. The van der Waals surface area contributed by atoms with Crippen LogP contribution >= 0.6 is 0 Å². The number of Topliss-reactive ketones (excluding diaryl/α,β-unsaturated/α-hetero) is 1. The van der Waals surface area contributed by atoms with Gasteiger partial charge < -0.3 is 36.3 Å². The van der Waals surface area contributed by atoms with Crippen molar-refractivity contribution in [2.75, 3.05) is 13.1 Å². The number of nitrogens with one attached hydrogen (secondary N) is 3. The summed E-state index contributed by atoms with van der Waals surface area (Å²) in [6.45, 7) is 4.89. The summed E-state index contributed by atoms with van der Waals surface area (Å²) in [6.07, 6.45) is 4.16. The van der Waals surface area contributed by atoms with Gasteiger partial charge in [-0.1, -0.05) is 78.0 Å². The van der Waals surface area contributed by atoms with E-state index in [1.165, 1.54) is 0 Å². The number of ketones is 1. The lowest BCUT2D eigenvalue weighted by Crippen LogP contribution is -2.48. The van der Waals surface area contributed by atoms with Gasteiger partial charge >= 0.3 is 0 Å². The molecule has 12 heteroatoms. The lowest BCUT2D eigenvalue weighted by Gasteiger charge is -2.34. The molecule has 4 aromatic carbocycles. The monoisotopic (exact) mass is 766 g/mol. The Kier molecular flexibility index (Phi) is 11.8. The van der Waals surface area contributed by atoms with Crippen LogP contribution in [0.3, 0.4) is 0 Å². The Morgan fingerprint density at radius 1 is 0.965 bits per heavy atom. The van der Waals surface area contributed by atoms with Crippen LogP contribution in [0.15, 0.2) is 102 Å². The Hall–Kier alpha value is -6.27. The molecule has 7 rings (SSSR count). The number of carbonyl (C=O) groups excluding carboxylic acids is 2. The Balaban J connectivity index is 1.15. The number of fused-ring (bicyclic) bond motifs is 1. The summed E-state index contributed by atoms with van der Waals surface area (Å²) in [4.78, 5) is 38.5. The molecule has 294 valence electrons. The number of aromatic amines is 1. The number of guanidine groups is 1. The highest BCUT2D eigenvalue weighted by Crippen LogP contribution is 2.29. The van der Waals surface area contributed by atoms with Gasteiger partial charge in [-0.3, -0.25) is 15.0 Å². The highest BCUT2D eigenvalue weighted by atomic mass is 16.5. The number of nitrogens with two attached hydrogens (primary N) is 2. The number of hydrogen-bond acceptors (Lipinski definition) is 8. The average molecular weight is 767 g/mol. The number of piperidine rings is 1. The van der Waals surface area contributed by atoms with Gasteiger partial charge in [0.2, 0.25) is 11.8 Å². The maximum atomic E-state index is 14.6. The zero-order chi connectivity index (χ0) is 40.1. The first kappa shape index (κ1) is 39.0. The number of aryl methyl sites for hydroxylation is 2. The van der Waals surface area contributed by atoms with E-state index in [1.807, 2.05) is 62.5 Å². The molecule has 0 aliphatic carbocycles. The van der Waals surface area contributed by atoms with E-state index < -0.39 is 18.0 Å². The predicted molar refractivity (Wildman–Crippen MR) is 220 cm³/mol. The number of benzene rings is 4. The molecule has 0 unspecified atom stereocenters. The topological polar surface area (TPSA) is 200 Å². The second-order valence-electron chi connectivity index (χ2n) is 15.3. The number of carbonyl (C=O) groups is 2. The Labute approximate surface area is 332 Å². The number of phenols is 1. The first-order valence-corrected chi connectivity index (χ1v) is 19.5. The van der Waals surface area contributed by atoms with Crippen molar-refractivity contribution in [3.8, 4) is 16.9 Å². The van der Waals surface area contributed by atoms with Crippen LogP contribution in [0, 0.1) is 31.1 Å². The summed E-state index contributed by atoms with van der Waals surface area (Å²) in [5.74, 6) is -0.499. The number of likely N-dealkylation sites (tertiary alicyclic amines) is 1. The summed E-state index contributed by atoms with van der Waals surface area (Å²) in [7, 11) is 0. The molecule has 3 atom stereocenters. The number of nitrogens with zero attached hydrogens (tertiary/aromatic N) is 3. The van der Waals surface area contributed by atoms with Crippen molar-refractivity contribution in [1.29, 1.82) is 5.41 Å². The molecular formula is C45H50N8O4. The summed E-state index contributed by atoms with van der Waals surface area (Å²) >= 11 is 0. The van der Waals surface area contributed by atoms with Gasteiger partial charge in [0.15, 0.2) is 17.6 Å². The molecule has 1 aliphatic heterocycles. The molecule has 57 heavy (non-hydrogen) atoms. The fourth-order valence-corrected chi connectivity index (χ4v) is 8.06. The van der Waals surface area contributed by atoms with Crippen molar-refractivity contribution >= 4 is 28.6 Å². The molecule has 1 fully saturated rings. The van der Waals surface area contributed by atoms with Crippen LogP contribution < -0.4 is 16.8 Å². The van der Waals surface area contributed by atoms with Gasteiger partial charge in [-0.2, -0.15) is 4.98 Å². The van der Waals surface area contributed by atoms with Gasteiger partial charge in [0.1, 0.15) is 11.8 Å². The molecule has 0 radical (unpaired) electrons. The Bertz CT molecular complexity index is 2320. The van der Waals surface area contributed by atoms with E-state index in [0.29, 0.717) is 44.6 Å². The number of rotatable bonds is 14. The van der Waals surface area contributed by atoms with Gasteiger partial charge in [0, 0.05) is 55.4 Å². The number of para-hydroxylation sites is 1. The molecule has 6 aromatic rings. The molecule has 2 aromatic heterocycles. The SMILES string of the molecule is Cc1cc(O)cc(C)c1C[C@H](CC(=O)[C@H](N)C1CCN(C(=N)N)CC1)C(=O)N[C@@H](Cc1c[nH]c2ccccc12)c1nc(Cc2ccc(-c3ccccc3)cc2)no1. The van der Waals surface area contributed by atoms with Crippen LogP contribution in [-0.2, 0) is 28.9 Å². The van der Waals surface area contributed by atoms with Crippen molar-refractivity contribution in [2.24, 2.45) is 23.3 Å². The maximum Gasteiger partial charge on any atom is 0.249 e. The van der Waals surface area contributed by atoms with E-state index in [0.717, 1.165) is 49.8 Å². The molecule has 3 heterocycles. The third kappa shape index (κ3) is 9.24. The van der Waals surface area contributed by atoms with Crippen molar-refractivity contribution in [2.45, 2.75) is 64.5 Å².